The zero-order chi connectivity index (χ0) is 14.0. The third-order valence-electron chi connectivity index (χ3n) is 2.58. The van der Waals surface area contributed by atoms with Crippen molar-refractivity contribution in [2.75, 3.05) is 10.5 Å². The summed E-state index contributed by atoms with van der Waals surface area (Å²) in [6.45, 7) is 1.67. The zero-order valence-electron chi connectivity index (χ0n) is 10.1. The summed E-state index contributed by atoms with van der Waals surface area (Å²) in [6, 6.07) is 8.05. The maximum absolute atomic E-state index is 12.2. The van der Waals surface area contributed by atoms with Crippen molar-refractivity contribution in [1.82, 2.24) is 4.98 Å². The van der Waals surface area contributed by atoms with Gasteiger partial charge in [0.15, 0.2) is 0 Å². The van der Waals surface area contributed by atoms with E-state index in [2.05, 4.69) is 25.6 Å². The molecule has 7 heteroatoms. The van der Waals surface area contributed by atoms with E-state index in [0.717, 1.165) is 4.47 Å². The summed E-state index contributed by atoms with van der Waals surface area (Å²) in [7, 11) is -3.69. The van der Waals surface area contributed by atoms with Crippen molar-refractivity contribution in [2.24, 2.45) is 0 Å². The fourth-order valence-electron chi connectivity index (χ4n) is 1.55. The number of nitrogens with zero attached hydrogens (tertiary/aromatic N) is 1. The number of sulfonamides is 1. The van der Waals surface area contributed by atoms with Crippen LogP contribution < -0.4 is 10.5 Å². The Kier molecular flexibility index (Phi) is 3.77. The second-order valence-electron chi connectivity index (χ2n) is 3.94. The fourth-order valence-corrected chi connectivity index (χ4v) is 3.07. The average molecular weight is 342 g/mol. The minimum absolute atomic E-state index is 0.150. The SMILES string of the molecule is Cc1c(N)cccc1S(=O)(=O)Nc1ccc(Br)cn1. The highest BCUT2D eigenvalue weighted by molar-refractivity contribution is 9.10. The molecule has 0 fully saturated rings. The quantitative estimate of drug-likeness (QED) is 0.840. The van der Waals surface area contributed by atoms with Crippen LogP contribution in [0, 0.1) is 6.92 Å². The van der Waals surface area contributed by atoms with Crippen molar-refractivity contribution >= 4 is 37.5 Å². The van der Waals surface area contributed by atoms with Gasteiger partial charge < -0.3 is 5.73 Å². The molecule has 0 spiro atoms. The lowest BCUT2D eigenvalue weighted by atomic mass is 10.2. The number of anilines is 2. The second kappa shape index (κ2) is 5.18. The van der Waals surface area contributed by atoms with Gasteiger partial charge in [0, 0.05) is 16.4 Å². The number of nitrogens with two attached hydrogens (primary N) is 1. The largest absolute Gasteiger partial charge is 0.398 e. The Labute approximate surface area is 120 Å². The van der Waals surface area contributed by atoms with Gasteiger partial charge in [-0.15, -0.1) is 0 Å². The molecule has 0 aliphatic carbocycles. The van der Waals surface area contributed by atoms with E-state index in [4.69, 9.17) is 5.73 Å². The topological polar surface area (TPSA) is 85.1 Å². The third-order valence-corrected chi connectivity index (χ3v) is 4.55. The maximum Gasteiger partial charge on any atom is 0.263 e. The molecule has 0 amide bonds. The van der Waals surface area contributed by atoms with E-state index < -0.39 is 10.0 Å². The first-order valence-corrected chi connectivity index (χ1v) is 7.67. The highest BCUT2D eigenvalue weighted by Crippen LogP contribution is 2.22. The lowest BCUT2D eigenvalue weighted by Gasteiger charge is -2.11. The molecular formula is C12H12BrN3O2S. The standard InChI is InChI=1S/C12H12BrN3O2S/c1-8-10(14)3-2-4-11(8)19(17,18)16-12-6-5-9(13)7-15-12/h2-7H,14H2,1H3,(H,15,16). The van der Waals surface area contributed by atoms with Crippen LogP contribution in [0.3, 0.4) is 0 Å². The molecule has 2 rings (SSSR count). The maximum atomic E-state index is 12.2. The van der Waals surface area contributed by atoms with Crippen molar-refractivity contribution < 1.29 is 8.42 Å². The molecule has 0 atom stereocenters. The second-order valence-corrected chi connectivity index (χ2v) is 6.50. The van der Waals surface area contributed by atoms with Gasteiger partial charge in [-0.2, -0.15) is 0 Å². The Morgan fingerprint density at radius 3 is 2.63 bits per heavy atom. The Morgan fingerprint density at radius 2 is 2.00 bits per heavy atom. The number of benzene rings is 1. The smallest absolute Gasteiger partial charge is 0.263 e. The van der Waals surface area contributed by atoms with E-state index in [0.29, 0.717) is 11.3 Å². The van der Waals surface area contributed by atoms with Crippen molar-refractivity contribution in [3.8, 4) is 0 Å². The summed E-state index contributed by atoms with van der Waals surface area (Å²) in [5.41, 5.74) is 6.67. The molecule has 1 aromatic heterocycles. The van der Waals surface area contributed by atoms with Gasteiger partial charge in [-0.3, -0.25) is 4.72 Å². The van der Waals surface area contributed by atoms with Crippen LogP contribution in [0.2, 0.25) is 0 Å². The Hall–Kier alpha value is -1.60. The Bertz CT molecular complexity index is 699. The number of pyridine rings is 1. The van der Waals surface area contributed by atoms with Crippen molar-refractivity contribution in [3.05, 3.63) is 46.6 Å². The lowest BCUT2D eigenvalue weighted by molar-refractivity contribution is 0.600. The molecule has 0 bridgehead atoms. The van der Waals surface area contributed by atoms with Gasteiger partial charge in [0.25, 0.3) is 10.0 Å². The molecule has 0 radical (unpaired) electrons. The van der Waals surface area contributed by atoms with E-state index in [1.54, 1.807) is 31.2 Å². The van der Waals surface area contributed by atoms with Gasteiger partial charge in [-0.25, -0.2) is 13.4 Å². The lowest BCUT2D eigenvalue weighted by Crippen LogP contribution is -2.15. The van der Waals surface area contributed by atoms with E-state index >= 15 is 0 Å². The molecule has 1 heterocycles. The molecule has 2 aromatic rings. The number of rotatable bonds is 3. The number of aromatic nitrogens is 1. The molecule has 0 unspecified atom stereocenters. The Balaban J connectivity index is 2.38. The molecular weight excluding hydrogens is 330 g/mol. The van der Waals surface area contributed by atoms with E-state index in [1.165, 1.54) is 12.3 Å². The molecule has 19 heavy (non-hydrogen) atoms. The summed E-state index contributed by atoms with van der Waals surface area (Å²) in [5, 5.41) is 0. The highest BCUT2D eigenvalue weighted by atomic mass is 79.9. The number of hydrogen-bond donors (Lipinski definition) is 2. The summed E-state index contributed by atoms with van der Waals surface area (Å²) in [5.74, 6) is 0.255. The van der Waals surface area contributed by atoms with Gasteiger partial charge in [-0.05, 0) is 52.7 Å². The van der Waals surface area contributed by atoms with Gasteiger partial charge >= 0.3 is 0 Å². The van der Waals surface area contributed by atoms with Crippen molar-refractivity contribution in [3.63, 3.8) is 0 Å². The normalized spacial score (nSPS) is 11.3. The van der Waals surface area contributed by atoms with Crippen LogP contribution in [0.1, 0.15) is 5.56 Å². The van der Waals surface area contributed by atoms with Crippen molar-refractivity contribution in [1.29, 1.82) is 0 Å². The van der Waals surface area contributed by atoms with E-state index in [1.807, 2.05) is 0 Å². The molecule has 0 aliphatic heterocycles. The van der Waals surface area contributed by atoms with E-state index in [-0.39, 0.29) is 10.7 Å². The fraction of sp³-hybridized carbons (Fsp3) is 0.0833. The summed E-state index contributed by atoms with van der Waals surface area (Å²) in [6.07, 6.45) is 1.52. The minimum atomic E-state index is -3.69. The minimum Gasteiger partial charge on any atom is -0.398 e. The number of nitrogens with one attached hydrogen (secondary N) is 1. The zero-order valence-corrected chi connectivity index (χ0v) is 12.5. The first kappa shape index (κ1) is 13.8. The van der Waals surface area contributed by atoms with Crippen LogP contribution in [0.25, 0.3) is 0 Å². The highest BCUT2D eigenvalue weighted by Gasteiger charge is 2.18. The van der Waals surface area contributed by atoms with Gasteiger partial charge in [0.05, 0.1) is 4.90 Å². The molecule has 1 aromatic carbocycles. The first-order chi connectivity index (χ1) is 8.90. The number of hydrogen-bond acceptors (Lipinski definition) is 4. The van der Waals surface area contributed by atoms with Crippen LogP contribution in [-0.2, 0) is 10.0 Å². The molecule has 0 aliphatic rings. The molecule has 3 N–H and O–H groups in total. The summed E-state index contributed by atoms with van der Waals surface area (Å²) >= 11 is 3.23. The van der Waals surface area contributed by atoms with Gasteiger partial charge in [0.2, 0.25) is 0 Å². The van der Waals surface area contributed by atoms with E-state index in [9.17, 15) is 8.42 Å². The van der Waals surface area contributed by atoms with Crippen LogP contribution in [0.5, 0.6) is 0 Å². The van der Waals surface area contributed by atoms with Crippen LogP contribution in [0.4, 0.5) is 11.5 Å². The van der Waals surface area contributed by atoms with Crippen LogP contribution >= 0.6 is 15.9 Å². The summed E-state index contributed by atoms with van der Waals surface area (Å²) < 4.78 is 27.7. The summed E-state index contributed by atoms with van der Waals surface area (Å²) in [4.78, 5) is 4.12. The monoisotopic (exact) mass is 341 g/mol. The Morgan fingerprint density at radius 1 is 1.26 bits per heavy atom. The molecule has 100 valence electrons. The average Bonchev–Trinajstić information content (AvgIpc) is 2.35. The van der Waals surface area contributed by atoms with Crippen molar-refractivity contribution in [2.45, 2.75) is 11.8 Å². The van der Waals surface area contributed by atoms with Gasteiger partial charge in [-0.1, -0.05) is 6.07 Å². The molecule has 5 nitrogen and oxygen atoms in total. The predicted octanol–water partition coefficient (Wildman–Crippen LogP) is 2.54. The molecule has 0 saturated heterocycles. The predicted molar refractivity (Wildman–Crippen MR) is 78.3 cm³/mol. The van der Waals surface area contributed by atoms with Crippen LogP contribution in [-0.4, -0.2) is 13.4 Å². The van der Waals surface area contributed by atoms with Gasteiger partial charge in [0.1, 0.15) is 5.82 Å². The molecule has 0 saturated carbocycles. The number of halogens is 1. The number of nitrogen functional groups attached to an aromatic ring is 1. The first-order valence-electron chi connectivity index (χ1n) is 5.39. The van der Waals surface area contributed by atoms with Crippen LogP contribution in [0.15, 0.2) is 45.9 Å². The third kappa shape index (κ3) is 3.05.